The van der Waals surface area contributed by atoms with E-state index in [2.05, 4.69) is 18.2 Å². The summed E-state index contributed by atoms with van der Waals surface area (Å²) >= 11 is 0. The van der Waals surface area contributed by atoms with Crippen LogP contribution in [-0.2, 0) is 9.53 Å². The Bertz CT molecular complexity index is 94.3. The molecule has 0 aliphatic rings. The molecule has 2 heteroatoms. The van der Waals surface area contributed by atoms with Gasteiger partial charge in [-0.1, -0.05) is 0 Å². The average molecular weight is 99.1 g/mol. The van der Waals surface area contributed by atoms with E-state index < -0.39 is 5.97 Å². The summed E-state index contributed by atoms with van der Waals surface area (Å²) in [5.41, 5.74) is 0.183. The summed E-state index contributed by atoms with van der Waals surface area (Å²) in [6.45, 7) is 6.48. The summed E-state index contributed by atoms with van der Waals surface area (Å²) in [7, 11) is 1.29. The highest BCUT2D eigenvalue weighted by Crippen LogP contribution is 1.86. The third-order valence-corrected chi connectivity index (χ3v) is 0.474. The molecule has 2 nitrogen and oxygen atoms in total. The smallest absolute Gasteiger partial charge is 0.405 e. The third kappa shape index (κ3) is 1.87. The molecule has 0 aliphatic heterocycles. The molecular formula is C5H7O2+. The fraction of sp³-hybridized carbons (Fsp3) is 0.200. The minimum atomic E-state index is -0.458. The quantitative estimate of drug-likeness (QED) is 0.272. The number of carbonyl (C=O) groups excluding carboxylic acids is 1. The molecule has 0 aromatic rings. The van der Waals surface area contributed by atoms with E-state index in [0.29, 0.717) is 0 Å². The zero-order chi connectivity index (χ0) is 5.86. The van der Waals surface area contributed by atoms with Gasteiger partial charge >= 0.3 is 5.97 Å². The molecular weight excluding hydrogens is 92.1 g/mol. The highest BCUT2D eigenvalue weighted by Gasteiger charge is 2.07. The average Bonchev–Trinajstić information content (AvgIpc) is 1.65. The molecule has 0 N–H and O–H groups in total. The minimum Gasteiger partial charge on any atom is -0.405 e. The van der Waals surface area contributed by atoms with Crippen LogP contribution in [0.1, 0.15) is 0 Å². The summed E-state index contributed by atoms with van der Waals surface area (Å²) in [4.78, 5) is 10.1. The Labute approximate surface area is 42.8 Å². The van der Waals surface area contributed by atoms with Crippen molar-refractivity contribution in [3.05, 3.63) is 19.1 Å². The van der Waals surface area contributed by atoms with E-state index in [1.165, 1.54) is 7.11 Å². The van der Waals surface area contributed by atoms with Gasteiger partial charge in [0.25, 0.3) is 0 Å². The lowest BCUT2D eigenvalue weighted by molar-refractivity contribution is -0.135. The second kappa shape index (κ2) is 2.29. The Morgan fingerprint density at radius 2 is 2.29 bits per heavy atom. The molecule has 7 heavy (non-hydrogen) atoms. The summed E-state index contributed by atoms with van der Waals surface area (Å²) in [5, 5.41) is 0. The van der Waals surface area contributed by atoms with Gasteiger partial charge in [-0.25, -0.2) is 0 Å². The van der Waals surface area contributed by atoms with Crippen molar-refractivity contribution in [3.63, 3.8) is 0 Å². The van der Waals surface area contributed by atoms with Gasteiger partial charge in [0.1, 0.15) is 0 Å². The number of esters is 1. The number of carbonyl (C=O) groups is 1. The van der Waals surface area contributed by atoms with E-state index in [0.717, 1.165) is 0 Å². The minimum absolute atomic E-state index is 0.183. The second-order valence-electron chi connectivity index (χ2n) is 1.10. The maximum Gasteiger partial charge on any atom is 0.448 e. The van der Waals surface area contributed by atoms with E-state index in [-0.39, 0.29) is 5.57 Å². The van der Waals surface area contributed by atoms with Crippen molar-refractivity contribution in [2.75, 3.05) is 7.11 Å². The van der Waals surface area contributed by atoms with Gasteiger partial charge < -0.3 is 4.74 Å². The van der Waals surface area contributed by atoms with Crippen LogP contribution in [0.15, 0.2) is 12.2 Å². The van der Waals surface area contributed by atoms with E-state index in [9.17, 15) is 4.79 Å². The van der Waals surface area contributed by atoms with Crippen molar-refractivity contribution in [1.82, 2.24) is 0 Å². The van der Waals surface area contributed by atoms with Gasteiger partial charge in [-0.05, 0) is 0 Å². The molecule has 0 heterocycles. The van der Waals surface area contributed by atoms with E-state index in [4.69, 9.17) is 0 Å². The lowest BCUT2D eigenvalue weighted by Crippen LogP contribution is -1.99. The van der Waals surface area contributed by atoms with Crippen molar-refractivity contribution < 1.29 is 9.53 Å². The van der Waals surface area contributed by atoms with Crippen LogP contribution in [0.2, 0.25) is 0 Å². The molecule has 0 radical (unpaired) electrons. The molecule has 0 atom stereocenters. The lowest BCUT2D eigenvalue weighted by Gasteiger charge is -1.81. The van der Waals surface area contributed by atoms with Gasteiger partial charge in [0, 0.05) is 13.5 Å². The van der Waals surface area contributed by atoms with Gasteiger partial charge in [0.15, 0.2) is 0 Å². The first-order valence-electron chi connectivity index (χ1n) is 1.77. The van der Waals surface area contributed by atoms with Gasteiger partial charge in [0.05, 0.1) is 7.11 Å². The topological polar surface area (TPSA) is 26.3 Å². The molecule has 38 valence electrons. The Morgan fingerprint density at radius 3 is 2.29 bits per heavy atom. The standard InChI is InChI=1S/C5H7O2/c1-4(2)5(6)7-3/h1-2H2,3H3/q+1. The molecule has 0 bridgehead atoms. The number of rotatable bonds is 1. The van der Waals surface area contributed by atoms with Crippen molar-refractivity contribution in [2.45, 2.75) is 0 Å². The van der Waals surface area contributed by atoms with Crippen LogP contribution in [0.25, 0.3) is 0 Å². The number of ether oxygens (including phenoxy) is 1. The van der Waals surface area contributed by atoms with Gasteiger partial charge in [0.2, 0.25) is 5.57 Å². The largest absolute Gasteiger partial charge is 0.448 e. The van der Waals surface area contributed by atoms with E-state index in [1.54, 1.807) is 0 Å². The number of methoxy groups -OCH3 is 1. The second-order valence-corrected chi connectivity index (χ2v) is 1.10. The lowest BCUT2D eigenvalue weighted by atomic mass is 10.4. The first kappa shape index (κ1) is 6.08. The van der Waals surface area contributed by atoms with Gasteiger partial charge in [-0.3, -0.25) is 0 Å². The van der Waals surface area contributed by atoms with Crippen molar-refractivity contribution in [2.24, 2.45) is 0 Å². The maximum atomic E-state index is 10.1. The molecule has 0 aromatic carbocycles. The van der Waals surface area contributed by atoms with E-state index in [1.807, 2.05) is 0 Å². The van der Waals surface area contributed by atoms with Crippen molar-refractivity contribution in [1.29, 1.82) is 0 Å². The molecule has 0 aliphatic carbocycles. The SMILES string of the molecule is C=C([CH2+])C(=O)OC. The molecule has 0 amide bonds. The Kier molecular flexibility index (Phi) is 1.99. The predicted molar refractivity (Wildman–Crippen MR) is 26.5 cm³/mol. The van der Waals surface area contributed by atoms with Crippen LogP contribution >= 0.6 is 0 Å². The maximum absolute atomic E-state index is 10.1. The first-order valence-corrected chi connectivity index (χ1v) is 1.77. The Balaban J connectivity index is 3.58. The summed E-state index contributed by atoms with van der Waals surface area (Å²) < 4.78 is 4.21. The highest BCUT2D eigenvalue weighted by atomic mass is 16.5. The van der Waals surface area contributed by atoms with Crippen LogP contribution in [0.4, 0.5) is 0 Å². The summed E-state index contributed by atoms with van der Waals surface area (Å²) in [5.74, 6) is -0.458. The molecule has 0 unspecified atom stereocenters. The Morgan fingerprint density at radius 1 is 1.86 bits per heavy atom. The van der Waals surface area contributed by atoms with Crippen molar-refractivity contribution >= 4 is 5.97 Å². The fourth-order valence-electron chi connectivity index (χ4n) is 0.144. The first-order chi connectivity index (χ1) is 3.18. The summed E-state index contributed by atoms with van der Waals surface area (Å²) in [6, 6.07) is 0. The monoisotopic (exact) mass is 99.0 g/mol. The van der Waals surface area contributed by atoms with Crippen LogP contribution in [0.5, 0.6) is 0 Å². The number of hydrogen-bond acceptors (Lipinski definition) is 2. The van der Waals surface area contributed by atoms with Crippen LogP contribution in [0, 0.1) is 6.92 Å². The molecule has 0 aromatic heterocycles. The van der Waals surface area contributed by atoms with E-state index >= 15 is 0 Å². The molecule has 0 saturated carbocycles. The predicted octanol–water partition coefficient (Wildman–Crippen LogP) is 0.550. The third-order valence-electron chi connectivity index (χ3n) is 0.474. The molecule has 0 rings (SSSR count). The van der Waals surface area contributed by atoms with Gasteiger partial charge in [-0.15, -0.1) is 0 Å². The van der Waals surface area contributed by atoms with Crippen LogP contribution in [-0.4, -0.2) is 13.1 Å². The normalized spacial score (nSPS) is 7.57. The van der Waals surface area contributed by atoms with Crippen LogP contribution < -0.4 is 0 Å². The number of hydrogen-bond donors (Lipinski definition) is 0. The zero-order valence-corrected chi connectivity index (χ0v) is 4.23. The fourth-order valence-corrected chi connectivity index (χ4v) is 0.144. The van der Waals surface area contributed by atoms with Crippen LogP contribution in [0.3, 0.4) is 0 Å². The molecule has 0 spiro atoms. The van der Waals surface area contributed by atoms with Gasteiger partial charge in [-0.2, -0.15) is 4.79 Å². The van der Waals surface area contributed by atoms with Crippen molar-refractivity contribution in [3.8, 4) is 0 Å². The summed E-state index contributed by atoms with van der Waals surface area (Å²) in [6.07, 6.45) is 0. The molecule has 0 saturated heterocycles. The zero-order valence-electron chi connectivity index (χ0n) is 4.23. The Hall–Kier alpha value is -0.920. The highest BCUT2D eigenvalue weighted by molar-refractivity contribution is 5.88. The molecule has 0 fully saturated rings.